The lowest BCUT2D eigenvalue weighted by Gasteiger charge is -2.18. The van der Waals surface area contributed by atoms with Crippen LogP contribution >= 0.6 is 27.3 Å². The van der Waals surface area contributed by atoms with Crippen LogP contribution in [-0.4, -0.2) is 31.2 Å². The molecule has 0 amide bonds. The number of carboxylic acids is 1. The van der Waals surface area contributed by atoms with E-state index in [9.17, 15) is 9.90 Å². The fourth-order valence-corrected chi connectivity index (χ4v) is 5.31. The van der Waals surface area contributed by atoms with Gasteiger partial charge in [-0.2, -0.15) is 5.10 Å². The van der Waals surface area contributed by atoms with Gasteiger partial charge in [0.2, 0.25) is 0 Å². The van der Waals surface area contributed by atoms with Gasteiger partial charge in [0, 0.05) is 14.7 Å². The van der Waals surface area contributed by atoms with Crippen molar-refractivity contribution in [1.29, 1.82) is 0 Å². The molecule has 1 aliphatic carbocycles. The number of nitrogens with one attached hydrogen (secondary N) is 2. The molecule has 3 N–H and O–H groups in total. The molecule has 1 aliphatic rings. The van der Waals surface area contributed by atoms with Crippen LogP contribution < -0.4 is 5.32 Å². The summed E-state index contributed by atoms with van der Waals surface area (Å²) < 4.78 is 0.904. The second-order valence-corrected chi connectivity index (χ2v) is 8.54. The van der Waals surface area contributed by atoms with E-state index < -0.39 is 5.97 Å². The van der Waals surface area contributed by atoms with Gasteiger partial charge in [0.05, 0.1) is 28.7 Å². The van der Waals surface area contributed by atoms with Gasteiger partial charge < -0.3 is 10.4 Å². The van der Waals surface area contributed by atoms with Crippen LogP contribution in [0.25, 0.3) is 21.1 Å². The number of benzene rings is 1. The molecule has 9 heteroatoms. The fraction of sp³-hybridized carbons (Fsp3) is 0.222. The maximum absolute atomic E-state index is 11.4. The number of fused-ring (bicyclic) bond motifs is 4. The first-order valence-electron chi connectivity index (χ1n) is 8.48. The zero-order valence-corrected chi connectivity index (χ0v) is 16.4. The summed E-state index contributed by atoms with van der Waals surface area (Å²) >= 11 is 5.17. The summed E-state index contributed by atoms with van der Waals surface area (Å²) in [5, 5.41) is 21.8. The first kappa shape index (κ1) is 16.6. The number of carbonyl (C=O) groups is 1. The number of aromatic nitrogens is 4. The molecule has 0 bridgehead atoms. The Morgan fingerprint density at radius 3 is 3.11 bits per heavy atom. The summed E-state index contributed by atoms with van der Waals surface area (Å²) in [6.45, 7) is 0. The predicted octanol–water partition coefficient (Wildman–Crippen LogP) is 4.26. The number of aliphatic carboxylic acids is 1. The lowest BCUT2D eigenvalue weighted by molar-refractivity contribution is -0.142. The van der Waals surface area contributed by atoms with Crippen molar-refractivity contribution >= 4 is 65.9 Å². The lowest BCUT2D eigenvalue weighted by Crippen LogP contribution is -2.21. The van der Waals surface area contributed by atoms with Gasteiger partial charge >= 0.3 is 5.97 Å². The summed E-state index contributed by atoms with van der Waals surface area (Å²) in [4.78, 5) is 22.2. The van der Waals surface area contributed by atoms with E-state index in [1.807, 2.05) is 12.1 Å². The second-order valence-electron chi connectivity index (χ2n) is 6.60. The molecule has 0 aliphatic heterocycles. The standard InChI is InChI=1S/C18H14BrN5O2S/c19-11-5-12-9(6-22-24-12)3-13(11)23-16-15-10-2-1-8(18(25)26)4-14(10)27-17(15)21-7-20-16/h3,5-8H,1-2,4H2,(H,22,24)(H,25,26)(H,20,21,23)/t8-/m0/s1. The van der Waals surface area contributed by atoms with Crippen molar-refractivity contribution in [3.05, 3.63) is 39.6 Å². The van der Waals surface area contributed by atoms with Crippen molar-refractivity contribution in [3.63, 3.8) is 0 Å². The average Bonchev–Trinajstić information content (AvgIpc) is 3.25. The van der Waals surface area contributed by atoms with Gasteiger partial charge in [0.15, 0.2) is 0 Å². The highest BCUT2D eigenvalue weighted by molar-refractivity contribution is 9.10. The average molecular weight is 444 g/mol. The third-order valence-electron chi connectivity index (χ3n) is 4.98. The molecule has 0 saturated heterocycles. The van der Waals surface area contributed by atoms with Crippen molar-refractivity contribution in [2.24, 2.45) is 5.92 Å². The van der Waals surface area contributed by atoms with Crippen LogP contribution in [0.4, 0.5) is 11.5 Å². The zero-order chi connectivity index (χ0) is 18.5. The van der Waals surface area contributed by atoms with Gasteiger partial charge in [0.1, 0.15) is 17.0 Å². The third kappa shape index (κ3) is 2.78. The maximum atomic E-state index is 11.4. The number of anilines is 2. The van der Waals surface area contributed by atoms with Crippen molar-refractivity contribution in [2.75, 3.05) is 5.32 Å². The van der Waals surface area contributed by atoms with Crippen LogP contribution in [-0.2, 0) is 17.6 Å². The van der Waals surface area contributed by atoms with E-state index >= 15 is 0 Å². The van der Waals surface area contributed by atoms with Crippen molar-refractivity contribution in [1.82, 2.24) is 20.2 Å². The van der Waals surface area contributed by atoms with E-state index in [1.165, 1.54) is 5.56 Å². The largest absolute Gasteiger partial charge is 0.481 e. The number of aromatic amines is 1. The summed E-state index contributed by atoms with van der Waals surface area (Å²) in [6, 6.07) is 3.99. The molecule has 0 radical (unpaired) electrons. The van der Waals surface area contributed by atoms with E-state index in [1.54, 1.807) is 23.9 Å². The summed E-state index contributed by atoms with van der Waals surface area (Å²) in [6.07, 6.45) is 5.27. The molecule has 7 nitrogen and oxygen atoms in total. The minimum absolute atomic E-state index is 0.312. The molecule has 3 aromatic heterocycles. The molecule has 0 spiro atoms. The number of rotatable bonds is 3. The number of hydrogen-bond donors (Lipinski definition) is 3. The van der Waals surface area contributed by atoms with Gasteiger partial charge in [-0.1, -0.05) is 0 Å². The predicted molar refractivity (Wildman–Crippen MR) is 108 cm³/mol. The summed E-state index contributed by atoms with van der Waals surface area (Å²) in [5.41, 5.74) is 3.02. The summed E-state index contributed by atoms with van der Waals surface area (Å²) in [7, 11) is 0. The molecule has 0 unspecified atom stereocenters. The normalized spacial score (nSPS) is 16.6. The van der Waals surface area contributed by atoms with Crippen LogP contribution in [0.5, 0.6) is 0 Å². The van der Waals surface area contributed by atoms with Gasteiger partial charge in [-0.3, -0.25) is 9.89 Å². The molecule has 136 valence electrons. The Kier molecular flexibility index (Phi) is 3.87. The summed E-state index contributed by atoms with van der Waals surface area (Å²) in [5.74, 6) is -0.290. The number of hydrogen-bond acceptors (Lipinski definition) is 6. The highest BCUT2D eigenvalue weighted by Gasteiger charge is 2.28. The van der Waals surface area contributed by atoms with Crippen molar-refractivity contribution < 1.29 is 9.90 Å². The minimum atomic E-state index is -0.722. The molecule has 1 atom stereocenters. The molecule has 3 heterocycles. The first-order chi connectivity index (χ1) is 13.1. The number of nitrogens with zero attached hydrogens (tertiary/aromatic N) is 3. The topological polar surface area (TPSA) is 104 Å². The van der Waals surface area contributed by atoms with Crippen LogP contribution in [0.2, 0.25) is 0 Å². The van der Waals surface area contributed by atoms with Crippen LogP contribution in [0.3, 0.4) is 0 Å². The molecular weight excluding hydrogens is 430 g/mol. The minimum Gasteiger partial charge on any atom is -0.481 e. The number of thiophene rings is 1. The van der Waals surface area contributed by atoms with Gasteiger partial charge in [-0.25, -0.2) is 9.97 Å². The highest BCUT2D eigenvalue weighted by Crippen LogP contribution is 2.41. The monoisotopic (exact) mass is 443 g/mol. The second kappa shape index (κ2) is 6.28. The van der Waals surface area contributed by atoms with E-state index in [2.05, 4.69) is 41.4 Å². The van der Waals surface area contributed by atoms with E-state index in [0.717, 1.165) is 48.4 Å². The Hall–Kier alpha value is -2.52. The number of H-pyrrole nitrogens is 1. The Bertz CT molecular complexity index is 1200. The van der Waals surface area contributed by atoms with Gasteiger partial charge in [0.25, 0.3) is 0 Å². The van der Waals surface area contributed by atoms with Crippen LogP contribution in [0.1, 0.15) is 16.9 Å². The lowest BCUT2D eigenvalue weighted by atomic mass is 9.88. The molecule has 5 rings (SSSR count). The smallest absolute Gasteiger partial charge is 0.306 e. The highest BCUT2D eigenvalue weighted by atomic mass is 79.9. The third-order valence-corrected chi connectivity index (χ3v) is 6.79. The van der Waals surface area contributed by atoms with Crippen molar-refractivity contribution in [3.8, 4) is 0 Å². The molecule has 4 aromatic rings. The zero-order valence-electron chi connectivity index (χ0n) is 14.0. The Morgan fingerprint density at radius 1 is 1.37 bits per heavy atom. The molecule has 1 aromatic carbocycles. The Morgan fingerprint density at radius 2 is 2.26 bits per heavy atom. The van der Waals surface area contributed by atoms with E-state index in [0.29, 0.717) is 12.8 Å². The maximum Gasteiger partial charge on any atom is 0.306 e. The number of aryl methyl sites for hydroxylation is 1. The Labute approximate surface area is 166 Å². The molecule has 0 saturated carbocycles. The number of carboxylic acid groups (broad SMARTS) is 1. The fourth-order valence-electron chi connectivity index (χ4n) is 3.60. The van der Waals surface area contributed by atoms with E-state index in [4.69, 9.17) is 0 Å². The Balaban J connectivity index is 1.59. The van der Waals surface area contributed by atoms with E-state index in [-0.39, 0.29) is 5.92 Å². The van der Waals surface area contributed by atoms with Gasteiger partial charge in [-0.15, -0.1) is 11.3 Å². The quantitative estimate of drug-likeness (QED) is 0.436. The van der Waals surface area contributed by atoms with Crippen LogP contribution in [0, 0.1) is 5.92 Å². The molecule has 27 heavy (non-hydrogen) atoms. The van der Waals surface area contributed by atoms with Gasteiger partial charge in [-0.05, 0) is 52.9 Å². The molecule has 0 fully saturated rings. The molecular formula is C18H14BrN5O2S. The SMILES string of the molecule is O=C(O)[C@H]1CCc2c(sc3ncnc(Nc4cc5cn[nH]c5cc4Br)c23)C1. The number of halogens is 1. The van der Waals surface area contributed by atoms with Crippen LogP contribution in [0.15, 0.2) is 29.1 Å². The van der Waals surface area contributed by atoms with Crippen molar-refractivity contribution in [2.45, 2.75) is 19.3 Å². The first-order valence-corrected chi connectivity index (χ1v) is 10.1.